The third kappa shape index (κ3) is 3.23. The number of benzene rings is 1. The van der Waals surface area contributed by atoms with Crippen molar-refractivity contribution >= 4 is 27.5 Å². The van der Waals surface area contributed by atoms with Crippen LogP contribution in [0.4, 0.5) is 5.69 Å². The van der Waals surface area contributed by atoms with Crippen molar-refractivity contribution in [3.63, 3.8) is 0 Å². The minimum atomic E-state index is 0.170. The van der Waals surface area contributed by atoms with Crippen molar-refractivity contribution < 1.29 is 4.79 Å². The van der Waals surface area contributed by atoms with Gasteiger partial charge in [0.1, 0.15) is 0 Å². The quantitative estimate of drug-likeness (QED) is 0.846. The van der Waals surface area contributed by atoms with Crippen molar-refractivity contribution in [1.29, 1.82) is 0 Å². The van der Waals surface area contributed by atoms with Crippen LogP contribution >= 0.6 is 15.9 Å². The second kappa shape index (κ2) is 5.71. The highest BCUT2D eigenvalue weighted by molar-refractivity contribution is 9.10. The van der Waals surface area contributed by atoms with Gasteiger partial charge in [-0.15, -0.1) is 0 Å². The maximum atomic E-state index is 11.2. The summed E-state index contributed by atoms with van der Waals surface area (Å²) in [6.45, 7) is 6.02. The Kier molecular flexibility index (Phi) is 4.24. The number of carbonyl (C=O) groups excluding carboxylic acids is 1. The van der Waals surface area contributed by atoms with Gasteiger partial charge in [-0.3, -0.25) is 9.69 Å². The Hall–Kier alpha value is -1.07. The summed E-state index contributed by atoms with van der Waals surface area (Å²) >= 11 is 3.54. The topological polar surface area (TPSA) is 49.6 Å². The first kappa shape index (κ1) is 13.4. The van der Waals surface area contributed by atoms with E-state index in [1.807, 2.05) is 17.0 Å². The summed E-state index contributed by atoms with van der Waals surface area (Å²) in [5, 5.41) is 0. The van der Waals surface area contributed by atoms with E-state index in [0.717, 1.165) is 42.9 Å². The molecule has 1 saturated heterocycles. The average molecular weight is 312 g/mol. The molecule has 4 nitrogen and oxygen atoms in total. The number of nitrogens with two attached hydrogens (primary N) is 1. The summed E-state index contributed by atoms with van der Waals surface area (Å²) in [4.78, 5) is 15.5. The first-order valence-corrected chi connectivity index (χ1v) is 6.87. The molecule has 0 radical (unpaired) electrons. The van der Waals surface area contributed by atoms with Crippen LogP contribution in [0.3, 0.4) is 0 Å². The maximum Gasteiger partial charge on any atom is 0.219 e. The summed E-state index contributed by atoms with van der Waals surface area (Å²) in [5.41, 5.74) is 7.73. The molecule has 98 valence electrons. The first-order valence-electron chi connectivity index (χ1n) is 6.08. The molecule has 5 heteroatoms. The molecular weight excluding hydrogens is 294 g/mol. The minimum absolute atomic E-state index is 0.170. The molecule has 18 heavy (non-hydrogen) atoms. The van der Waals surface area contributed by atoms with Gasteiger partial charge in [0.2, 0.25) is 5.91 Å². The molecule has 1 aliphatic rings. The van der Waals surface area contributed by atoms with E-state index in [1.165, 1.54) is 5.56 Å². The maximum absolute atomic E-state index is 11.2. The Balaban J connectivity index is 1.93. The summed E-state index contributed by atoms with van der Waals surface area (Å²) < 4.78 is 1.05. The van der Waals surface area contributed by atoms with E-state index in [4.69, 9.17) is 5.73 Å². The number of rotatable bonds is 2. The van der Waals surface area contributed by atoms with Gasteiger partial charge in [0, 0.05) is 49.8 Å². The number of piperazine rings is 1. The van der Waals surface area contributed by atoms with Gasteiger partial charge >= 0.3 is 0 Å². The number of nitrogen functional groups attached to an aromatic ring is 1. The highest BCUT2D eigenvalue weighted by Gasteiger charge is 2.18. The second-order valence-corrected chi connectivity index (χ2v) is 5.49. The van der Waals surface area contributed by atoms with Crippen LogP contribution in [0.15, 0.2) is 22.7 Å². The third-order valence-electron chi connectivity index (χ3n) is 3.29. The van der Waals surface area contributed by atoms with Crippen LogP contribution in [0.5, 0.6) is 0 Å². The third-order valence-corrected chi connectivity index (χ3v) is 4.03. The first-order chi connectivity index (χ1) is 8.56. The lowest BCUT2D eigenvalue weighted by atomic mass is 10.2. The van der Waals surface area contributed by atoms with Crippen LogP contribution in [-0.2, 0) is 11.3 Å². The van der Waals surface area contributed by atoms with Gasteiger partial charge in [0.05, 0.1) is 0 Å². The minimum Gasteiger partial charge on any atom is -0.399 e. The zero-order chi connectivity index (χ0) is 13.1. The van der Waals surface area contributed by atoms with Crippen LogP contribution in [-0.4, -0.2) is 41.9 Å². The van der Waals surface area contributed by atoms with Crippen LogP contribution in [0, 0.1) is 0 Å². The zero-order valence-corrected chi connectivity index (χ0v) is 12.1. The summed E-state index contributed by atoms with van der Waals surface area (Å²) in [7, 11) is 0. The largest absolute Gasteiger partial charge is 0.399 e. The molecule has 0 unspecified atom stereocenters. The van der Waals surface area contributed by atoms with Crippen LogP contribution in [0.2, 0.25) is 0 Å². The van der Waals surface area contributed by atoms with Crippen molar-refractivity contribution in [1.82, 2.24) is 9.80 Å². The molecule has 2 rings (SSSR count). The number of nitrogens with zero attached hydrogens (tertiary/aromatic N) is 2. The Morgan fingerprint density at radius 3 is 2.56 bits per heavy atom. The molecule has 0 atom stereocenters. The van der Waals surface area contributed by atoms with E-state index < -0.39 is 0 Å². The Morgan fingerprint density at radius 2 is 2.00 bits per heavy atom. The van der Waals surface area contributed by atoms with Gasteiger partial charge in [0.25, 0.3) is 0 Å². The lowest BCUT2D eigenvalue weighted by molar-refractivity contribution is -0.130. The molecule has 1 fully saturated rings. The van der Waals surface area contributed by atoms with Gasteiger partial charge in [-0.25, -0.2) is 0 Å². The normalized spacial score (nSPS) is 16.9. The Labute approximate surface area is 116 Å². The fourth-order valence-corrected chi connectivity index (χ4v) is 2.68. The monoisotopic (exact) mass is 311 g/mol. The van der Waals surface area contributed by atoms with E-state index in [1.54, 1.807) is 6.92 Å². The van der Waals surface area contributed by atoms with Gasteiger partial charge in [-0.2, -0.15) is 0 Å². The van der Waals surface area contributed by atoms with Crippen molar-refractivity contribution in [3.05, 3.63) is 28.2 Å². The molecule has 1 amide bonds. The van der Waals surface area contributed by atoms with Crippen molar-refractivity contribution in [2.24, 2.45) is 0 Å². The van der Waals surface area contributed by atoms with E-state index in [2.05, 4.69) is 26.9 Å². The van der Waals surface area contributed by atoms with Crippen molar-refractivity contribution in [3.8, 4) is 0 Å². The van der Waals surface area contributed by atoms with Gasteiger partial charge in [0.15, 0.2) is 0 Å². The molecule has 0 bridgehead atoms. The molecule has 1 aromatic rings. The molecule has 1 aliphatic heterocycles. The smallest absolute Gasteiger partial charge is 0.219 e. The van der Waals surface area contributed by atoms with Gasteiger partial charge < -0.3 is 10.6 Å². The van der Waals surface area contributed by atoms with Crippen LogP contribution in [0.1, 0.15) is 12.5 Å². The summed E-state index contributed by atoms with van der Waals surface area (Å²) in [6, 6.07) is 5.91. The lowest BCUT2D eigenvalue weighted by Gasteiger charge is -2.34. The van der Waals surface area contributed by atoms with E-state index >= 15 is 0 Å². The number of carbonyl (C=O) groups is 1. The molecular formula is C13H18BrN3O. The molecule has 0 aliphatic carbocycles. The van der Waals surface area contributed by atoms with E-state index in [-0.39, 0.29) is 5.91 Å². The Morgan fingerprint density at radius 1 is 1.33 bits per heavy atom. The average Bonchev–Trinajstić information content (AvgIpc) is 2.33. The molecule has 0 spiro atoms. The Bertz CT molecular complexity index is 442. The van der Waals surface area contributed by atoms with E-state index in [9.17, 15) is 4.79 Å². The highest BCUT2D eigenvalue weighted by atomic mass is 79.9. The van der Waals surface area contributed by atoms with Gasteiger partial charge in [-0.1, -0.05) is 22.0 Å². The molecule has 2 N–H and O–H groups in total. The van der Waals surface area contributed by atoms with Crippen LogP contribution in [0.25, 0.3) is 0 Å². The predicted octanol–water partition coefficient (Wildman–Crippen LogP) is 1.70. The van der Waals surface area contributed by atoms with Crippen molar-refractivity contribution in [2.45, 2.75) is 13.5 Å². The van der Waals surface area contributed by atoms with Crippen molar-refractivity contribution in [2.75, 3.05) is 31.9 Å². The molecule has 1 heterocycles. The number of halogens is 1. The second-order valence-electron chi connectivity index (χ2n) is 4.63. The number of hydrogen-bond donors (Lipinski definition) is 1. The standard InChI is InChI=1S/C13H18BrN3O/c1-10(18)17-6-4-16(5-7-17)9-11-2-3-12(15)8-13(11)14/h2-3,8H,4-7,9,15H2,1H3. The number of amides is 1. The summed E-state index contributed by atoms with van der Waals surface area (Å²) in [5.74, 6) is 0.170. The lowest BCUT2D eigenvalue weighted by Crippen LogP contribution is -2.47. The number of anilines is 1. The molecule has 1 aromatic carbocycles. The SMILES string of the molecule is CC(=O)N1CCN(Cc2ccc(N)cc2Br)CC1. The highest BCUT2D eigenvalue weighted by Crippen LogP contribution is 2.21. The summed E-state index contributed by atoms with van der Waals surface area (Å²) in [6.07, 6.45) is 0. The molecule has 0 aromatic heterocycles. The number of hydrogen-bond acceptors (Lipinski definition) is 3. The van der Waals surface area contributed by atoms with Crippen LogP contribution < -0.4 is 5.73 Å². The zero-order valence-electron chi connectivity index (χ0n) is 10.5. The predicted molar refractivity (Wildman–Crippen MR) is 76.1 cm³/mol. The van der Waals surface area contributed by atoms with Gasteiger partial charge in [-0.05, 0) is 17.7 Å². The van der Waals surface area contributed by atoms with E-state index in [0.29, 0.717) is 0 Å². The fourth-order valence-electron chi connectivity index (χ4n) is 2.15. The fraction of sp³-hybridized carbons (Fsp3) is 0.462. The molecule has 0 saturated carbocycles.